The highest BCUT2D eigenvalue weighted by atomic mass is 79.9. The van der Waals surface area contributed by atoms with Gasteiger partial charge >= 0.3 is 0 Å². The summed E-state index contributed by atoms with van der Waals surface area (Å²) < 4.78 is 7.06. The van der Waals surface area contributed by atoms with Crippen molar-refractivity contribution in [3.05, 3.63) is 71.0 Å². The summed E-state index contributed by atoms with van der Waals surface area (Å²) in [4.78, 5) is 23.8. The molecule has 2 heterocycles. The Labute approximate surface area is 184 Å². The van der Waals surface area contributed by atoms with Crippen LogP contribution in [0.1, 0.15) is 18.4 Å². The molecule has 1 aromatic heterocycles. The van der Waals surface area contributed by atoms with Crippen molar-refractivity contribution in [2.45, 2.75) is 19.8 Å². The van der Waals surface area contributed by atoms with Crippen molar-refractivity contribution >= 4 is 33.3 Å². The Balaban J connectivity index is 1.49. The van der Waals surface area contributed by atoms with E-state index in [4.69, 9.17) is 4.74 Å². The number of ether oxygens (including phenoxy) is 1. The second-order valence-electron chi connectivity index (χ2n) is 7.33. The van der Waals surface area contributed by atoms with Crippen LogP contribution in [0, 0.1) is 12.8 Å². The molecule has 0 bridgehead atoms. The Bertz CT molecular complexity index is 1030. The minimum absolute atomic E-state index is 0.0206. The van der Waals surface area contributed by atoms with Crippen LogP contribution in [-0.4, -0.2) is 29.0 Å². The van der Waals surface area contributed by atoms with Crippen LogP contribution in [-0.2, 0) is 4.79 Å². The number of piperidine rings is 1. The lowest BCUT2D eigenvalue weighted by atomic mass is 9.97. The summed E-state index contributed by atoms with van der Waals surface area (Å²) in [6.07, 6.45) is 5.02. The summed E-state index contributed by atoms with van der Waals surface area (Å²) in [7, 11) is 0. The van der Waals surface area contributed by atoms with Crippen LogP contribution in [0.15, 0.2) is 65.4 Å². The summed E-state index contributed by atoms with van der Waals surface area (Å²) in [5, 5.41) is 3.02. The number of hydrogen-bond donors (Lipinski definition) is 1. The molecule has 154 valence electrons. The SMILES string of the molecule is Cc1ccccc1Oc1nccnc1N1CCC[C@H](C(=O)Nc2ccc(Br)cc2)C1. The summed E-state index contributed by atoms with van der Waals surface area (Å²) >= 11 is 3.41. The molecular weight excluding hydrogens is 444 g/mol. The number of aromatic nitrogens is 2. The molecule has 1 aliphatic rings. The standard InChI is InChI=1S/C23H23BrN4O2/c1-16-5-2-3-7-20(16)30-23-21(25-12-13-26-23)28-14-4-6-17(15-28)22(29)27-19-10-8-18(24)9-11-19/h2-3,5,7-13,17H,4,6,14-15H2,1H3,(H,27,29)/t17-/m0/s1. The molecule has 6 nitrogen and oxygen atoms in total. The molecular formula is C23H23BrN4O2. The summed E-state index contributed by atoms with van der Waals surface area (Å²) in [6.45, 7) is 3.38. The van der Waals surface area contributed by atoms with Crippen molar-refractivity contribution in [2.24, 2.45) is 5.92 Å². The predicted octanol–water partition coefficient (Wildman–Crippen LogP) is 5.19. The van der Waals surface area contributed by atoms with E-state index in [1.807, 2.05) is 55.5 Å². The van der Waals surface area contributed by atoms with Crippen molar-refractivity contribution in [1.29, 1.82) is 0 Å². The molecule has 1 aliphatic heterocycles. The second kappa shape index (κ2) is 9.26. The number of nitrogens with one attached hydrogen (secondary N) is 1. The van der Waals surface area contributed by atoms with Crippen LogP contribution in [0.4, 0.5) is 11.5 Å². The van der Waals surface area contributed by atoms with Crippen molar-refractivity contribution in [1.82, 2.24) is 9.97 Å². The first kappa shape index (κ1) is 20.3. The summed E-state index contributed by atoms with van der Waals surface area (Å²) in [5.41, 5.74) is 1.82. The average Bonchev–Trinajstić information content (AvgIpc) is 2.77. The summed E-state index contributed by atoms with van der Waals surface area (Å²) in [6, 6.07) is 15.4. The third-order valence-corrected chi connectivity index (χ3v) is 5.68. The van der Waals surface area contributed by atoms with Gasteiger partial charge in [-0.3, -0.25) is 4.79 Å². The quantitative estimate of drug-likeness (QED) is 0.559. The molecule has 1 atom stereocenters. The monoisotopic (exact) mass is 466 g/mol. The van der Waals surface area contributed by atoms with E-state index in [2.05, 4.69) is 36.1 Å². The van der Waals surface area contributed by atoms with E-state index in [1.54, 1.807) is 12.4 Å². The fourth-order valence-corrected chi connectivity index (χ4v) is 3.81. The van der Waals surface area contributed by atoms with Crippen LogP contribution >= 0.6 is 15.9 Å². The van der Waals surface area contributed by atoms with E-state index in [9.17, 15) is 4.79 Å². The Morgan fingerprint density at radius 2 is 1.90 bits per heavy atom. The topological polar surface area (TPSA) is 67.4 Å². The first-order valence-corrected chi connectivity index (χ1v) is 10.8. The van der Waals surface area contributed by atoms with Crippen LogP contribution in [0.5, 0.6) is 11.6 Å². The van der Waals surface area contributed by atoms with Crippen molar-refractivity contribution in [3.63, 3.8) is 0 Å². The number of anilines is 2. The van der Waals surface area contributed by atoms with Gasteiger partial charge in [-0.2, -0.15) is 0 Å². The normalized spacial score (nSPS) is 16.2. The number of hydrogen-bond acceptors (Lipinski definition) is 5. The Morgan fingerprint density at radius 1 is 1.13 bits per heavy atom. The number of carbonyl (C=O) groups excluding carboxylic acids is 1. The van der Waals surface area contributed by atoms with Crippen molar-refractivity contribution < 1.29 is 9.53 Å². The fourth-order valence-electron chi connectivity index (χ4n) is 3.54. The van der Waals surface area contributed by atoms with Gasteiger partial charge in [-0.05, 0) is 55.7 Å². The summed E-state index contributed by atoms with van der Waals surface area (Å²) in [5.74, 6) is 1.77. The molecule has 4 rings (SSSR count). The molecule has 1 saturated heterocycles. The van der Waals surface area contributed by atoms with Crippen LogP contribution < -0.4 is 15.0 Å². The molecule has 1 fully saturated rings. The first-order valence-electron chi connectivity index (χ1n) is 9.96. The van der Waals surface area contributed by atoms with E-state index in [-0.39, 0.29) is 11.8 Å². The second-order valence-corrected chi connectivity index (χ2v) is 8.25. The third-order valence-electron chi connectivity index (χ3n) is 5.15. The van der Waals surface area contributed by atoms with Gasteiger partial charge in [-0.1, -0.05) is 34.1 Å². The van der Waals surface area contributed by atoms with Gasteiger partial charge in [0, 0.05) is 35.6 Å². The predicted molar refractivity (Wildman–Crippen MR) is 121 cm³/mol. The van der Waals surface area contributed by atoms with Gasteiger partial charge < -0.3 is 15.0 Å². The lowest BCUT2D eigenvalue weighted by Gasteiger charge is -2.33. The number of aryl methyl sites for hydroxylation is 1. The number of rotatable bonds is 5. The highest BCUT2D eigenvalue weighted by molar-refractivity contribution is 9.10. The highest BCUT2D eigenvalue weighted by Gasteiger charge is 2.28. The van der Waals surface area contributed by atoms with E-state index >= 15 is 0 Å². The molecule has 1 N–H and O–H groups in total. The molecule has 2 aromatic carbocycles. The number of amides is 1. The van der Waals surface area contributed by atoms with Crippen LogP contribution in [0.25, 0.3) is 0 Å². The molecule has 0 unspecified atom stereocenters. The van der Waals surface area contributed by atoms with Gasteiger partial charge in [0.2, 0.25) is 5.91 Å². The zero-order valence-corrected chi connectivity index (χ0v) is 18.3. The molecule has 0 radical (unpaired) electrons. The first-order chi connectivity index (χ1) is 14.6. The zero-order valence-electron chi connectivity index (χ0n) is 16.7. The average molecular weight is 467 g/mol. The van der Waals surface area contributed by atoms with Crippen LogP contribution in [0.2, 0.25) is 0 Å². The van der Waals surface area contributed by atoms with Crippen molar-refractivity contribution in [2.75, 3.05) is 23.3 Å². The van der Waals surface area contributed by atoms with Gasteiger partial charge in [0.1, 0.15) is 5.75 Å². The van der Waals surface area contributed by atoms with Gasteiger partial charge in [-0.25, -0.2) is 9.97 Å². The highest BCUT2D eigenvalue weighted by Crippen LogP contribution is 2.32. The van der Waals surface area contributed by atoms with Crippen LogP contribution in [0.3, 0.4) is 0 Å². The number of nitrogens with zero attached hydrogens (tertiary/aromatic N) is 3. The zero-order chi connectivity index (χ0) is 20.9. The third kappa shape index (κ3) is 4.79. The van der Waals surface area contributed by atoms with Gasteiger partial charge in [0.15, 0.2) is 5.82 Å². The lowest BCUT2D eigenvalue weighted by Crippen LogP contribution is -2.41. The maximum Gasteiger partial charge on any atom is 0.263 e. The Hall–Kier alpha value is -2.93. The largest absolute Gasteiger partial charge is 0.436 e. The van der Waals surface area contributed by atoms with Gasteiger partial charge in [0.05, 0.1) is 5.92 Å². The van der Waals surface area contributed by atoms with E-state index < -0.39 is 0 Å². The lowest BCUT2D eigenvalue weighted by molar-refractivity contribution is -0.120. The Kier molecular flexibility index (Phi) is 6.28. The van der Waals surface area contributed by atoms with Gasteiger partial charge in [-0.15, -0.1) is 0 Å². The molecule has 30 heavy (non-hydrogen) atoms. The maximum absolute atomic E-state index is 12.8. The minimum atomic E-state index is -0.129. The molecule has 0 spiro atoms. The van der Waals surface area contributed by atoms with E-state index in [0.717, 1.165) is 40.9 Å². The fraction of sp³-hybridized carbons (Fsp3) is 0.261. The Morgan fingerprint density at radius 3 is 2.70 bits per heavy atom. The van der Waals surface area contributed by atoms with Gasteiger partial charge in [0.25, 0.3) is 5.88 Å². The van der Waals surface area contributed by atoms with E-state index in [1.165, 1.54) is 0 Å². The molecule has 7 heteroatoms. The molecule has 0 saturated carbocycles. The van der Waals surface area contributed by atoms with Crippen molar-refractivity contribution in [3.8, 4) is 11.6 Å². The van der Waals surface area contributed by atoms with E-state index in [0.29, 0.717) is 18.2 Å². The molecule has 0 aliphatic carbocycles. The number of benzene rings is 2. The number of halogens is 1. The molecule has 1 amide bonds. The maximum atomic E-state index is 12.8. The number of carbonyl (C=O) groups is 1. The smallest absolute Gasteiger partial charge is 0.263 e. The number of para-hydroxylation sites is 1. The molecule has 3 aromatic rings. The minimum Gasteiger partial charge on any atom is -0.436 e.